The average Bonchev–Trinajstić information content (AvgIpc) is 2.79. The smallest absolute Gasteiger partial charge is 0.272 e. The number of hydrogen-bond donors (Lipinski definition) is 1. The van der Waals surface area contributed by atoms with Crippen molar-refractivity contribution < 1.29 is 4.79 Å². The van der Waals surface area contributed by atoms with Crippen molar-refractivity contribution >= 4 is 5.91 Å². The Balaban J connectivity index is 2.11. The molecular weight excluding hydrogens is 216 g/mol. The van der Waals surface area contributed by atoms with Gasteiger partial charge in [-0.05, 0) is 32.6 Å². The summed E-state index contributed by atoms with van der Waals surface area (Å²) in [6, 6.07) is 2.21. The Morgan fingerprint density at radius 1 is 1.41 bits per heavy atom. The summed E-state index contributed by atoms with van der Waals surface area (Å²) in [5.41, 5.74) is 0.318. The SMILES string of the molecule is Cc1cnc(C(=O)NC2(C#N)CCCC2)cn1. The van der Waals surface area contributed by atoms with Gasteiger partial charge in [0, 0.05) is 6.20 Å². The van der Waals surface area contributed by atoms with Gasteiger partial charge in [0.05, 0.1) is 18.0 Å². The van der Waals surface area contributed by atoms with E-state index in [2.05, 4.69) is 21.4 Å². The van der Waals surface area contributed by atoms with E-state index in [0.29, 0.717) is 12.8 Å². The molecule has 5 heteroatoms. The third-order valence-electron chi connectivity index (χ3n) is 3.04. The Hall–Kier alpha value is -1.96. The van der Waals surface area contributed by atoms with E-state index in [4.69, 9.17) is 5.26 Å². The molecule has 1 aromatic rings. The molecule has 0 unspecified atom stereocenters. The fourth-order valence-corrected chi connectivity index (χ4v) is 2.03. The van der Waals surface area contributed by atoms with Crippen LogP contribution >= 0.6 is 0 Å². The standard InChI is InChI=1S/C12H14N4O/c1-9-6-15-10(7-14-9)11(17)16-12(8-13)4-2-3-5-12/h6-7H,2-5H2,1H3,(H,16,17). The quantitative estimate of drug-likeness (QED) is 0.831. The number of carbonyl (C=O) groups is 1. The number of aryl methyl sites for hydroxylation is 1. The van der Waals surface area contributed by atoms with E-state index in [9.17, 15) is 4.79 Å². The molecule has 88 valence electrons. The molecule has 0 atom stereocenters. The van der Waals surface area contributed by atoms with Crippen LogP contribution in [0.3, 0.4) is 0 Å². The second-order valence-corrected chi connectivity index (χ2v) is 4.40. The second kappa shape index (κ2) is 4.50. The zero-order valence-corrected chi connectivity index (χ0v) is 9.73. The third-order valence-corrected chi connectivity index (χ3v) is 3.04. The molecular formula is C12H14N4O. The van der Waals surface area contributed by atoms with Gasteiger partial charge in [-0.3, -0.25) is 9.78 Å². The molecule has 1 fully saturated rings. The zero-order valence-electron chi connectivity index (χ0n) is 9.73. The van der Waals surface area contributed by atoms with Crippen molar-refractivity contribution in [1.82, 2.24) is 15.3 Å². The minimum Gasteiger partial charge on any atom is -0.332 e. The van der Waals surface area contributed by atoms with Crippen molar-refractivity contribution in [2.24, 2.45) is 0 Å². The topological polar surface area (TPSA) is 78.7 Å². The fourth-order valence-electron chi connectivity index (χ4n) is 2.03. The van der Waals surface area contributed by atoms with Crippen LogP contribution in [0.25, 0.3) is 0 Å². The van der Waals surface area contributed by atoms with Crippen LogP contribution < -0.4 is 5.32 Å². The number of amides is 1. The van der Waals surface area contributed by atoms with E-state index in [-0.39, 0.29) is 11.6 Å². The van der Waals surface area contributed by atoms with Gasteiger partial charge in [0.25, 0.3) is 5.91 Å². The predicted molar refractivity (Wildman–Crippen MR) is 61.0 cm³/mol. The van der Waals surface area contributed by atoms with Gasteiger partial charge in [0.1, 0.15) is 11.2 Å². The lowest BCUT2D eigenvalue weighted by Crippen LogP contribution is -2.45. The van der Waals surface area contributed by atoms with E-state index < -0.39 is 5.54 Å². The Morgan fingerprint density at radius 2 is 2.12 bits per heavy atom. The summed E-state index contributed by atoms with van der Waals surface area (Å²) in [7, 11) is 0. The van der Waals surface area contributed by atoms with Crippen LogP contribution in [0.2, 0.25) is 0 Å². The summed E-state index contributed by atoms with van der Waals surface area (Å²) in [5, 5.41) is 11.9. The van der Waals surface area contributed by atoms with Crippen molar-refractivity contribution in [3.8, 4) is 6.07 Å². The van der Waals surface area contributed by atoms with Crippen LogP contribution in [0.5, 0.6) is 0 Å². The second-order valence-electron chi connectivity index (χ2n) is 4.40. The van der Waals surface area contributed by atoms with Crippen molar-refractivity contribution in [3.05, 3.63) is 23.8 Å². The Labute approximate surface area is 99.9 Å². The first-order valence-corrected chi connectivity index (χ1v) is 5.68. The molecule has 17 heavy (non-hydrogen) atoms. The molecule has 5 nitrogen and oxygen atoms in total. The van der Waals surface area contributed by atoms with Gasteiger partial charge in [-0.25, -0.2) is 4.98 Å². The van der Waals surface area contributed by atoms with Gasteiger partial charge in [-0.2, -0.15) is 5.26 Å². The molecule has 0 spiro atoms. The van der Waals surface area contributed by atoms with Crippen LogP contribution in [0.1, 0.15) is 41.9 Å². The largest absolute Gasteiger partial charge is 0.332 e. The summed E-state index contributed by atoms with van der Waals surface area (Å²) in [4.78, 5) is 19.9. The molecule has 0 aromatic carbocycles. The summed E-state index contributed by atoms with van der Waals surface area (Å²) >= 11 is 0. The Kier molecular flexibility index (Phi) is 3.05. The van der Waals surface area contributed by atoms with Crippen LogP contribution in [0.4, 0.5) is 0 Å². The molecule has 0 radical (unpaired) electrons. The van der Waals surface area contributed by atoms with Crippen molar-refractivity contribution in [3.63, 3.8) is 0 Å². The van der Waals surface area contributed by atoms with Crippen molar-refractivity contribution in [2.75, 3.05) is 0 Å². The maximum Gasteiger partial charge on any atom is 0.272 e. The van der Waals surface area contributed by atoms with Crippen LogP contribution in [-0.4, -0.2) is 21.4 Å². The molecule has 1 amide bonds. The fraction of sp³-hybridized carbons (Fsp3) is 0.500. The molecule has 1 N–H and O–H groups in total. The van der Waals surface area contributed by atoms with E-state index >= 15 is 0 Å². The highest BCUT2D eigenvalue weighted by Gasteiger charge is 2.35. The first kappa shape index (κ1) is 11.5. The van der Waals surface area contributed by atoms with E-state index in [1.54, 1.807) is 6.20 Å². The molecule has 2 rings (SSSR count). The summed E-state index contributed by atoms with van der Waals surface area (Å²) in [6.45, 7) is 1.81. The number of aromatic nitrogens is 2. The number of carbonyl (C=O) groups excluding carboxylic acids is 1. The summed E-state index contributed by atoms with van der Waals surface area (Å²) in [6.07, 6.45) is 6.37. The van der Waals surface area contributed by atoms with Gasteiger partial charge in [0.15, 0.2) is 0 Å². The zero-order chi connectivity index (χ0) is 12.3. The molecule has 1 aliphatic rings. The molecule has 0 aliphatic heterocycles. The molecule has 1 heterocycles. The van der Waals surface area contributed by atoms with Gasteiger partial charge in [-0.1, -0.05) is 0 Å². The normalized spacial score (nSPS) is 17.4. The summed E-state index contributed by atoms with van der Waals surface area (Å²) in [5.74, 6) is -0.319. The predicted octanol–water partition coefficient (Wildman–Crippen LogP) is 1.35. The maximum absolute atomic E-state index is 11.9. The lowest BCUT2D eigenvalue weighted by molar-refractivity contribution is 0.0915. The highest BCUT2D eigenvalue weighted by Crippen LogP contribution is 2.29. The number of rotatable bonds is 2. The van der Waals surface area contributed by atoms with Crippen molar-refractivity contribution in [1.29, 1.82) is 5.26 Å². The highest BCUT2D eigenvalue weighted by atomic mass is 16.2. The van der Waals surface area contributed by atoms with Crippen molar-refractivity contribution in [2.45, 2.75) is 38.1 Å². The third kappa shape index (κ3) is 2.41. The lowest BCUT2D eigenvalue weighted by Gasteiger charge is -2.21. The van der Waals surface area contributed by atoms with Crippen LogP contribution in [-0.2, 0) is 0 Å². The first-order chi connectivity index (χ1) is 8.15. The monoisotopic (exact) mass is 230 g/mol. The average molecular weight is 230 g/mol. The molecule has 0 bridgehead atoms. The van der Waals surface area contributed by atoms with E-state index in [1.807, 2.05) is 6.92 Å². The maximum atomic E-state index is 11.9. The van der Waals surface area contributed by atoms with Crippen LogP contribution in [0.15, 0.2) is 12.4 Å². The van der Waals surface area contributed by atoms with E-state index in [0.717, 1.165) is 18.5 Å². The number of nitrogens with one attached hydrogen (secondary N) is 1. The first-order valence-electron chi connectivity index (χ1n) is 5.68. The molecule has 1 aliphatic carbocycles. The minimum atomic E-state index is -0.705. The summed E-state index contributed by atoms with van der Waals surface area (Å²) < 4.78 is 0. The van der Waals surface area contributed by atoms with E-state index in [1.165, 1.54) is 6.20 Å². The molecule has 1 saturated carbocycles. The molecule has 1 aromatic heterocycles. The Bertz CT molecular complexity index is 454. The van der Waals surface area contributed by atoms with Gasteiger partial charge in [0.2, 0.25) is 0 Å². The highest BCUT2D eigenvalue weighted by molar-refractivity contribution is 5.92. The number of nitrogens with zero attached hydrogens (tertiary/aromatic N) is 3. The number of hydrogen-bond acceptors (Lipinski definition) is 4. The van der Waals surface area contributed by atoms with Gasteiger partial charge in [-0.15, -0.1) is 0 Å². The lowest BCUT2D eigenvalue weighted by atomic mass is 10.00. The molecule has 0 saturated heterocycles. The van der Waals surface area contributed by atoms with Gasteiger partial charge < -0.3 is 5.32 Å². The van der Waals surface area contributed by atoms with Gasteiger partial charge >= 0.3 is 0 Å². The Morgan fingerprint density at radius 3 is 2.65 bits per heavy atom. The number of nitriles is 1. The van der Waals surface area contributed by atoms with Crippen LogP contribution in [0, 0.1) is 18.3 Å². The minimum absolute atomic E-state index is 0.261.